The van der Waals surface area contributed by atoms with Gasteiger partial charge in [0.15, 0.2) is 0 Å². The monoisotopic (exact) mass is 370 g/mol. The number of ether oxygens (including phenoxy) is 3. The molecule has 1 aliphatic rings. The summed E-state index contributed by atoms with van der Waals surface area (Å²) < 4.78 is 16.6. The molecule has 27 heavy (non-hydrogen) atoms. The average molecular weight is 370 g/mol. The molecule has 2 heterocycles. The zero-order valence-electron chi connectivity index (χ0n) is 15.8. The molecule has 0 bridgehead atoms. The summed E-state index contributed by atoms with van der Waals surface area (Å²) in [7, 11) is 0. The Morgan fingerprint density at radius 1 is 1.26 bits per heavy atom. The number of carbonyl (C=O) groups is 1. The maximum atomic E-state index is 12.2. The standard InChI is InChI=1S/C21H26N2O4/c1-16(2)27-20-9-8-18(12-22-20)21(24)26-15-19-14-23(10-11-25-19)13-17-6-4-3-5-7-17/h3-9,12,16,19H,10-11,13-15H2,1-2H3. The van der Waals surface area contributed by atoms with Crippen LogP contribution in [0.5, 0.6) is 5.88 Å². The van der Waals surface area contributed by atoms with E-state index in [4.69, 9.17) is 14.2 Å². The molecule has 0 saturated carbocycles. The number of morpholine rings is 1. The van der Waals surface area contributed by atoms with E-state index in [-0.39, 0.29) is 18.8 Å². The summed E-state index contributed by atoms with van der Waals surface area (Å²) >= 11 is 0. The van der Waals surface area contributed by atoms with Crippen molar-refractivity contribution in [2.75, 3.05) is 26.3 Å². The molecule has 1 aromatic heterocycles. The summed E-state index contributed by atoms with van der Waals surface area (Å²) in [5.41, 5.74) is 1.67. The normalized spacial score (nSPS) is 17.7. The second-order valence-corrected chi connectivity index (χ2v) is 6.86. The molecule has 0 spiro atoms. The molecule has 1 atom stereocenters. The Labute approximate surface area is 160 Å². The zero-order valence-corrected chi connectivity index (χ0v) is 15.8. The first-order chi connectivity index (χ1) is 13.1. The Balaban J connectivity index is 1.46. The summed E-state index contributed by atoms with van der Waals surface area (Å²) in [5, 5.41) is 0. The number of pyridine rings is 1. The highest BCUT2D eigenvalue weighted by atomic mass is 16.6. The van der Waals surface area contributed by atoms with Crippen molar-refractivity contribution in [3.8, 4) is 5.88 Å². The minimum Gasteiger partial charge on any atom is -0.475 e. The van der Waals surface area contributed by atoms with Crippen LogP contribution in [0.25, 0.3) is 0 Å². The van der Waals surface area contributed by atoms with Gasteiger partial charge < -0.3 is 14.2 Å². The minimum atomic E-state index is -0.401. The van der Waals surface area contributed by atoms with E-state index in [0.29, 0.717) is 18.1 Å². The molecule has 2 aromatic rings. The summed E-state index contributed by atoms with van der Waals surface area (Å²) in [6.07, 6.45) is 1.39. The van der Waals surface area contributed by atoms with Crippen LogP contribution in [-0.2, 0) is 16.0 Å². The van der Waals surface area contributed by atoms with Crippen LogP contribution in [0.3, 0.4) is 0 Å². The molecular formula is C21H26N2O4. The Morgan fingerprint density at radius 3 is 2.78 bits per heavy atom. The molecule has 1 saturated heterocycles. The lowest BCUT2D eigenvalue weighted by Gasteiger charge is -2.32. The second-order valence-electron chi connectivity index (χ2n) is 6.86. The van der Waals surface area contributed by atoms with Gasteiger partial charge in [0.2, 0.25) is 5.88 Å². The van der Waals surface area contributed by atoms with Crippen LogP contribution < -0.4 is 4.74 Å². The molecular weight excluding hydrogens is 344 g/mol. The fourth-order valence-corrected chi connectivity index (χ4v) is 2.93. The van der Waals surface area contributed by atoms with E-state index >= 15 is 0 Å². The van der Waals surface area contributed by atoms with Gasteiger partial charge in [-0.3, -0.25) is 4.90 Å². The van der Waals surface area contributed by atoms with Crippen molar-refractivity contribution in [2.24, 2.45) is 0 Å². The largest absolute Gasteiger partial charge is 0.475 e. The number of carbonyl (C=O) groups excluding carboxylic acids is 1. The number of rotatable bonds is 7. The van der Waals surface area contributed by atoms with Gasteiger partial charge in [-0.05, 0) is 25.5 Å². The number of hydrogen-bond acceptors (Lipinski definition) is 6. The highest BCUT2D eigenvalue weighted by Gasteiger charge is 2.22. The van der Waals surface area contributed by atoms with Crippen molar-refractivity contribution in [3.05, 3.63) is 59.8 Å². The molecule has 0 amide bonds. The third-order valence-corrected chi connectivity index (χ3v) is 4.20. The van der Waals surface area contributed by atoms with Crippen LogP contribution in [0, 0.1) is 0 Å². The van der Waals surface area contributed by atoms with Crippen molar-refractivity contribution >= 4 is 5.97 Å². The fourth-order valence-electron chi connectivity index (χ4n) is 2.93. The Morgan fingerprint density at radius 2 is 2.07 bits per heavy atom. The van der Waals surface area contributed by atoms with Crippen LogP contribution in [0.15, 0.2) is 48.7 Å². The van der Waals surface area contributed by atoms with Crippen LogP contribution in [0.2, 0.25) is 0 Å². The van der Waals surface area contributed by atoms with E-state index in [0.717, 1.165) is 19.6 Å². The third-order valence-electron chi connectivity index (χ3n) is 4.20. The molecule has 1 fully saturated rings. The van der Waals surface area contributed by atoms with Crippen molar-refractivity contribution < 1.29 is 19.0 Å². The summed E-state index contributed by atoms with van der Waals surface area (Å²) in [4.78, 5) is 18.7. The SMILES string of the molecule is CC(C)Oc1ccc(C(=O)OCC2CN(Cc3ccccc3)CCO2)cn1. The molecule has 0 aliphatic carbocycles. The van der Waals surface area contributed by atoms with E-state index in [1.54, 1.807) is 12.1 Å². The molecule has 0 radical (unpaired) electrons. The molecule has 6 nitrogen and oxygen atoms in total. The molecule has 1 aromatic carbocycles. The molecule has 1 unspecified atom stereocenters. The lowest BCUT2D eigenvalue weighted by Crippen LogP contribution is -2.44. The van der Waals surface area contributed by atoms with E-state index < -0.39 is 5.97 Å². The first-order valence-electron chi connectivity index (χ1n) is 9.28. The van der Waals surface area contributed by atoms with Crippen LogP contribution in [0.1, 0.15) is 29.8 Å². The Kier molecular flexibility index (Phi) is 6.79. The van der Waals surface area contributed by atoms with Gasteiger partial charge >= 0.3 is 5.97 Å². The molecule has 3 rings (SSSR count). The summed E-state index contributed by atoms with van der Waals surface area (Å²) in [6, 6.07) is 13.7. The second kappa shape index (κ2) is 9.48. The zero-order chi connectivity index (χ0) is 19.1. The highest BCUT2D eigenvalue weighted by Crippen LogP contribution is 2.13. The van der Waals surface area contributed by atoms with Gasteiger partial charge in [-0.25, -0.2) is 9.78 Å². The van der Waals surface area contributed by atoms with Crippen molar-refractivity contribution in [3.63, 3.8) is 0 Å². The van der Waals surface area contributed by atoms with Crippen LogP contribution in [-0.4, -0.2) is 54.4 Å². The van der Waals surface area contributed by atoms with Gasteiger partial charge in [0.05, 0.1) is 18.3 Å². The van der Waals surface area contributed by atoms with Crippen molar-refractivity contribution in [1.29, 1.82) is 0 Å². The Hall–Kier alpha value is -2.44. The number of nitrogens with zero attached hydrogens (tertiary/aromatic N) is 2. The summed E-state index contributed by atoms with van der Waals surface area (Å²) in [5.74, 6) is 0.0936. The number of esters is 1. The van der Waals surface area contributed by atoms with E-state index in [1.807, 2.05) is 32.0 Å². The van der Waals surface area contributed by atoms with Gasteiger partial charge in [0.1, 0.15) is 12.7 Å². The Bertz CT molecular complexity index is 719. The molecule has 0 N–H and O–H groups in total. The molecule has 6 heteroatoms. The lowest BCUT2D eigenvalue weighted by molar-refractivity contribution is -0.0612. The van der Waals surface area contributed by atoms with Gasteiger partial charge in [0.25, 0.3) is 0 Å². The van der Waals surface area contributed by atoms with Crippen molar-refractivity contribution in [1.82, 2.24) is 9.88 Å². The number of benzene rings is 1. The van der Waals surface area contributed by atoms with Gasteiger partial charge in [-0.15, -0.1) is 0 Å². The average Bonchev–Trinajstić information content (AvgIpc) is 2.67. The first kappa shape index (κ1) is 19.3. The van der Waals surface area contributed by atoms with Gasteiger partial charge in [-0.1, -0.05) is 30.3 Å². The lowest BCUT2D eigenvalue weighted by atomic mass is 10.2. The molecule has 144 valence electrons. The van der Waals surface area contributed by atoms with Gasteiger partial charge in [0, 0.05) is 31.9 Å². The maximum Gasteiger partial charge on any atom is 0.339 e. The summed E-state index contributed by atoms with van der Waals surface area (Å²) in [6.45, 7) is 7.20. The fraction of sp³-hybridized carbons (Fsp3) is 0.429. The first-order valence-corrected chi connectivity index (χ1v) is 9.28. The minimum absolute atomic E-state index is 0.0394. The number of hydrogen-bond donors (Lipinski definition) is 0. The predicted octanol–water partition coefficient (Wildman–Crippen LogP) is 2.93. The van der Waals surface area contributed by atoms with E-state index in [9.17, 15) is 4.79 Å². The quantitative estimate of drug-likeness (QED) is 0.699. The van der Waals surface area contributed by atoms with Crippen molar-refractivity contribution in [2.45, 2.75) is 32.6 Å². The van der Waals surface area contributed by atoms with Crippen LogP contribution >= 0.6 is 0 Å². The highest BCUT2D eigenvalue weighted by molar-refractivity contribution is 5.89. The van der Waals surface area contributed by atoms with Gasteiger partial charge in [-0.2, -0.15) is 0 Å². The smallest absolute Gasteiger partial charge is 0.339 e. The molecule has 1 aliphatic heterocycles. The topological polar surface area (TPSA) is 60.9 Å². The number of aromatic nitrogens is 1. The maximum absolute atomic E-state index is 12.2. The third kappa shape index (κ3) is 6.05. The van der Waals surface area contributed by atoms with E-state index in [2.05, 4.69) is 22.0 Å². The van der Waals surface area contributed by atoms with Crippen LogP contribution in [0.4, 0.5) is 0 Å². The van der Waals surface area contributed by atoms with E-state index in [1.165, 1.54) is 11.8 Å². The predicted molar refractivity (Wildman–Crippen MR) is 102 cm³/mol.